The Hall–Kier alpha value is -3.99. The molecule has 0 radical (unpaired) electrons. The summed E-state index contributed by atoms with van der Waals surface area (Å²) >= 11 is 0. The Morgan fingerprint density at radius 2 is 1.86 bits per heavy atom. The molecule has 0 saturated carbocycles. The normalized spacial score (nSPS) is 19.9. The third-order valence-electron chi connectivity index (χ3n) is 5.51. The number of ether oxygens (including phenoxy) is 1. The molecule has 0 aliphatic carbocycles. The van der Waals surface area contributed by atoms with E-state index in [0.717, 1.165) is 5.56 Å². The lowest BCUT2D eigenvalue weighted by molar-refractivity contribution is -0.133. The molecule has 1 aliphatic heterocycles. The number of carbonyl (C=O) groups is 4. The molecule has 1 heterocycles. The van der Waals surface area contributed by atoms with Gasteiger partial charge in [-0.25, -0.2) is 4.39 Å². The zero-order valence-electron chi connectivity index (χ0n) is 19.8. The second kappa shape index (κ2) is 12.6. The number of rotatable bonds is 5. The number of halogens is 1. The fraction of sp³-hybridized carbons (Fsp3) is 0.360. The summed E-state index contributed by atoms with van der Waals surface area (Å²) in [5, 5.41) is 20.2. The van der Waals surface area contributed by atoms with Gasteiger partial charge in [0.25, 0.3) is 5.91 Å². The smallest absolute Gasteiger partial charge is 0.255 e. The Morgan fingerprint density at radius 1 is 1.14 bits per heavy atom. The van der Waals surface area contributed by atoms with Crippen molar-refractivity contribution in [2.75, 3.05) is 19.7 Å². The first-order chi connectivity index (χ1) is 17.2. The lowest BCUT2D eigenvalue weighted by Gasteiger charge is -2.24. The molecule has 0 unspecified atom stereocenters. The molecule has 1 aliphatic rings. The van der Waals surface area contributed by atoms with E-state index < -0.39 is 48.2 Å². The van der Waals surface area contributed by atoms with Crippen molar-refractivity contribution in [3.63, 3.8) is 0 Å². The predicted molar refractivity (Wildman–Crippen MR) is 128 cm³/mol. The zero-order valence-corrected chi connectivity index (χ0v) is 19.8. The van der Waals surface area contributed by atoms with Crippen molar-refractivity contribution >= 4 is 23.6 Å². The van der Waals surface area contributed by atoms with Crippen LogP contribution in [0, 0.1) is 5.82 Å². The topological polar surface area (TPSA) is 146 Å². The highest BCUT2D eigenvalue weighted by atomic mass is 19.1. The number of para-hydroxylation sites is 1. The van der Waals surface area contributed by atoms with Crippen molar-refractivity contribution in [3.05, 3.63) is 65.5 Å². The molecule has 192 valence electrons. The van der Waals surface area contributed by atoms with Crippen LogP contribution in [0.2, 0.25) is 0 Å². The maximum atomic E-state index is 13.1. The largest absolute Gasteiger partial charge is 0.491 e. The van der Waals surface area contributed by atoms with Crippen LogP contribution in [0.4, 0.5) is 4.39 Å². The van der Waals surface area contributed by atoms with Crippen LogP contribution in [0.3, 0.4) is 0 Å². The minimum Gasteiger partial charge on any atom is -0.491 e. The van der Waals surface area contributed by atoms with Crippen molar-refractivity contribution in [2.45, 2.75) is 38.0 Å². The van der Waals surface area contributed by atoms with Gasteiger partial charge in [0.15, 0.2) is 0 Å². The van der Waals surface area contributed by atoms with Crippen molar-refractivity contribution in [3.8, 4) is 5.75 Å². The van der Waals surface area contributed by atoms with Crippen LogP contribution in [0.15, 0.2) is 48.5 Å². The quantitative estimate of drug-likeness (QED) is 0.392. The van der Waals surface area contributed by atoms with Crippen molar-refractivity contribution in [1.82, 2.24) is 21.3 Å². The molecule has 0 aromatic heterocycles. The third kappa shape index (κ3) is 7.51. The Balaban J connectivity index is 1.78. The van der Waals surface area contributed by atoms with Gasteiger partial charge in [-0.2, -0.15) is 0 Å². The number of benzene rings is 2. The second-order valence-electron chi connectivity index (χ2n) is 8.32. The summed E-state index contributed by atoms with van der Waals surface area (Å²) in [5.41, 5.74) is 0.952. The van der Waals surface area contributed by atoms with Crippen LogP contribution < -0.4 is 26.0 Å². The summed E-state index contributed by atoms with van der Waals surface area (Å²) in [5.74, 6) is -2.69. The van der Waals surface area contributed by atoms with Crippen LogP contribution in [0.1, 0.15) is 29.3 Å². The van der Waals surface area contributed by atoms with Gasteiger partial charge in [0.2, 0.25) is 17.7 Å². The van der Waals surface area contributed by atoms with E-state index in [1.165, 1.54) is 25.1 Å². The molecule has 3 rings (SSSR count). The minimum atomic E-state index is -1.28. The summed E-state index contributed by atoms with van der Waals surface area (Å²) in [7, 11) is 0. The average molecular weight is 501 g/mol. The predicted octanol–water partition coefficient (Wildman–Crippen LogP) is 0.0473. The molecule has 10 nitrogen and oxygen atoms in total. The third-order valence-corrected chi connectivity index (χ3v) is 5.51. The van der Waals surface area contributed by atoms with E-state index in [1.54, 1.807) is 30.3 Å². The number of amides is 4. The van der Waals surface area contributed by atoms with Gasteiger partial charge in [-0.3, -0.25) is 19.2 Å². The summed E-state index contributed by atoms with van der Waals surface area (Å²) in [4.78, 5) is 51.1. The molecule has 2 aromatic carbocycles. The number of carbonyl (C=O) groups excluding carboxylic acids is 4. The lowest BCUT2D eigenvalue weighted by atomic mass is 10.1. The Labute approximate surface area is 207 Å². The van der Waals surface area contributed by atoms with E-state index in [-0.39, 0.29) is 36.8 Å². The summed E-state index contributed by atoms with van der Waals surface area (Å²) in [6.45, 7) is 1.63. The monoisotopic (exact) mass is 500 g/mol. The first-order valence-corrected chi connectivity index (χ1v) is 11.5. The highest BCUT2D eigenvalue weighted by Crippen LogP contribution is 2.18. The van der Waals surface area contributed by atoms with Crippen LogP contribution in [0.25, 0.3) is 0 Å². The second-order valence-corrected chi connectivity index (χ2v) is 8.32. The molecule has 5 N–H and O–H groups in total. The molecule has 11 heteroatoms. The highest BCUT2D eigenvalue weighted by molar-refractivity contribution is 6.01. The molecule has 3 atom stereocenters. The van der Waals surface area contributed by atoms with Crippen LogP contribution in [0.5, 0.6) is 5.75 Å². The average Bonchev–Trinajstić information content (AvgIpc) is 2.85. The van der Waals surface area contributed by atoms with E-state index in [4.69, 9.17) is 4.74 Å². The number of aliphatic hydroxyl groups is 1. The maximum Gasteiger partial charge on any atom is 0.255 e. The van der Waals surface area contributed by atoms with E-state index in [1.807, 2.05) is 0 Å². The van der Waals surface area contributed by atoms with Gasteiger partial charge in [-0.15, -0.1) is 0 Å². The molecule has 2 aromatic rings. The highest BCUT2D eigenvalue weighted by Gasteiger charge is 2.30. The number of aliphatic hydroxyl groups excluding tert-OH is 1. The summed E-state index contributed by atoms with van der Waals surface area (Å²) in [6, 6.07) is 9.67. The molecule has 0 saturated heterocycles. The molecular formula is C25H29FN4O6. The van der Waals surface area contributed by atoms with Gasteiger partial charge in [-0.05, 0) is 43.2 Å². The first kappa shape index (κ1) is 26.6. The van der Waals surface area contributed by atoms with Crippen molar-refractivity contribution < 1.29 is 33.4 Å². The number of fused-ring (bicyclic) bond motifs is 1. The summed E-state index contributed by atoms with van der Waals surface area (Å²) in [6.07, 6.45) is -1.28. The van der Waals surface area contributed by atoms with E-state index in [9.17, 15) is 28.7 Å². The van der Waals surface area contributed by atoms with E-state index in [0.29, 0.717) is 6.42 Å². The Kier molecular flexibility index (Phi) is 9.34. The Bertz CT molecular complexity index is 1090. The molecule has 0 spiro atoms. The van der Waals surface area contributed by atoms with E-state index >= 15 is 0 Å². The fourth-order valence-electron chi connectivity index (χ4n) is 3.60. The standard InChI is InChI=1S/C25H29FN4O6/c1-15(31)22-25(35)28-12-13-36-20-5-3-2-4-18(20)23(33)29-19(14-21(32)30-22)24(34)27-11-10-16-6-8-17(26)9-7-16/h2-9,15,19,22,31H,10-14H2,1H3,(H,27,34)(H,28,35)(H,29,33)(H,30,32)/t15-,19+,22+/m1/s1. The molecule has 0 bridgehead atoms. The van der Waals surface area contributed by atoms with E-state index in [2.05, 4.69) is 21.3 Å². The lowest BCUT2D eigenvalue weighted by Crippen LogP contribution is -2.55. The van der Waals surface area contributed by atoms with Gasteiger partial charge < -0.3 is 31.1 Å². The SMILES string of the molecule is C[C@@H](O)[C@@H]1NC(=O)C[C@@H](C(=O)NCCc2ccc(F)cc2)NC(=O)c2ccccc2OCCNC1=O. The molecule has 4 amide bonds. The zero-order chi connectivity index (χ0) is 26.1. The van der Waals surface area contributed by atoms with Crippen LogP contribution in [-0.2, 0) is 20.8 Å². The van der Waals surface area contributed by atoms with Crippen molar-refractivity contribution in [1.29, 1.82) is 0 Å². The molecular weight excluding hydrogens is 471 g/mol. The molecule has 0 fully saturated rings. The van der Waals surface area contributed by atoms with Gasteiger partial charge in [0.1, 0.15) is 30.3 Å². The summed E-state index contributed by atoms with van der Waals surface area (Å²) < 4.78 is 18.7. The maximum absolute atomic E-state index is 13.1. The fourth-order valence-corrected chi connectivity index (χ4v) is 3.60. The number of nitrogens with one attached hydrogen (secondary N) is 4. The first-order valence-electron chi connectivity index (χ1n) is 11.5. The van der Waals surface area contributed by atoms with Crippen LogP contribution >= 0.6 is 0 Å². The van der Waals surface area contributed by atoms with Gasteiger partial charge in [-0.1, -0.05) is 24.3 Å². The van der Waals surface area contributed by atoms with Gasteiger partial charge in [0.05, 0.1) is 24.6 Å². The van der Waals surface area contributed by atoms with Crippen molar-refractivity contribution in [2.24, 2.45) is 0 Å². The Morgan fingerprint density at radius 3 is 2.58 bits per heavy atom. The van der Waals surface area contributed by atoms with Crippen LogP contribution in [-0.4, -0.2) is 66.6 Å². The minimum absolute atomic E-state index is 0.0316. The number of hydrogen-bond acceptors (Lipinski definition) is 6. The molecule has 36 heavy (non-hydrogen) atoms. The van der Waals surface area contributed by atoms with Gasteiger partial charge in [0, 0.05) is 6.54 Å². The number of hydrogen-bond donors (Lipinski definition) is 5. The van der Waals surface area contributed by atoms with Gasteiger partial charge >= 0.3 is 0 Å².